The monoisotopic (exact) mass is 479 g/mol. The van der Waals surface area contributed by atoms with Gasteiger partial charge in [-0.05, 0) is 36.9 Å². The van der Waals surface area contributed by atoms with E-state index in [1.165, 1.54) is 12.1 Å². The molecule has 2 heterocycles. The highest BCUT2D eigenvalue weighted by Gasteiger charge is 2.20. The van der Waals surface area contributed by atoms with Crippen LogP contribution in [0.1, 0.15) is 36.8 Å². The Balaban J connectivity index is 1.46. The number of anilines is 1. The van der Waals surface area contributed by atoms with Crippen LogP contribution in [0.25, 0.3) is 10.6 Å². The number of amides is 2. The fourth-order valence-electron chi connectivity index (χ4n) is 3.65. The molecule has 2 aromatic carbocycles. The number of carboxylic acids is 1. The van der Waals surface area contributed by atoms with Crippen molar-refractivity contribution in [3.8, 4) is 10.6 Å². The Morgan fingerprint density at radius 1 is 1.00 bits per heavy atom. The number of hydrogen-bond donors (Lipinski definition) is 3. The highest BCUT2D eigenvalue weighted by atomic mass is 32.1. The van der Waals surface area contributed by atoms with Crippen LogP contribution in [-0.2, 0) is 6.54 Å². The van der Waals surface area contributed by atoms with Crippen molar-refractivity contribution in [2.24, 2.45) is 5.73 Å². The summed E-state index contributed by atoms with van der Waals surface area (Å²) in [6.45, 7) is 4.95. The van der Waals surface area contributed by atoms with Crippen molar-refractivity contribution in [1.29, 1.82) is 0 Å². The van der Waals surface area contributed by atoms with Gasteiger partial charge in [0, 0.05) is 43.9 Å². The number of piperazine rings is 1. The predicted octanol–water partition coefficient (Wildman–Crippen LogP) is 2.61. The van der Waals surface area contributed by atoms with Crippen molar-refractivity contribution in [1.82, 2.24) is 14.8 Å². The second kappa shape index (κ2) is 10.1. The van der Waals surface area contributed by atoms with Gasteiger partial charge >= 0.3 is 5.97 Å². The van der Waals surface area contributed by atoms with Crippen LogP contribution >= 0.6 is 11.3 Å². The van der Waals surface area contributed by atoms with Crippen molar-refractivity contribution in [3.05, 3.63) is 70.9 Å². The molecule has 3 aromatic rings. The topological polar surface area (TPSA) is 129 Å². The first-order valence-corrected chi connectivity index (χ1v) is 11.6. The van der Waals surface area contributed by atoms with Crippen LogP contribution in [0, 0.1) is 0 Å². The first kappa shape index (κ1) is 23.6. The number of nitrogens with two attached hydrogens (primary N) is 1. The lowest BCUT2D eigenvalue weighted by molar-refractivity contribution is 0.0696. The van der Waals surface area contributed by atoms with E-state index in [0.29, 0.717) is 16.1 Å². The van der Waals surface area contributed by atoms with E-state index in [9.17, 15) is 14.4 Å². The number of benzene rings is 2. The maximum atomic E-state index is 12.8. The zero-order valence-corrected chi connectivity index (χ0v) is 19.5. The van der Waals surface area contributed by atoms with E-state index in [0.717, 1.165) is 49.6 Å². The molecule has 10 heteroatoms. The van der Waals surface area contributed by atoms with E-state index in [4.69, 9.17) is 10.8 Å². The molecule has 0 spiro atoms. The van der Waals surface area contributed by atoms with E-state index in [2.05, 4.69) is 27.1 Å². The third-order valence-electron chi connectivity index (χ3n) is 5.68. The number of aromatic nitrogens is 1. The van der Waals surface area contributed by atoms with Gasteiger partial charge in [0.2, 0.25) is 0 Å². The Labute approximate surface area is 200 Å². The molecule has 9 nitrogen and oxygen atoms in total. The third-order valence-corrected chi connectivity index (χ3v) is 6.70. The molecule has 4 N–H and O–H groups in total. The number of nitrogens with zero attached hydrogens (tertiary/aromatic N) is 3. The quantitative estimate of drug-likeness (QED) is 0.475. The summed E-state index contributed by atoms with van der Waals surface area (Å²) in [6.07, 6.45) is 0. The Hall–Kier alpha value is -3.60. The van der Waals surface area contributed by atoms with Gasteiger partial charge in [0.25, 0.3) is 11.8 Å². The maximum Gasteiger partial charge on any atom is 0.335 e. The molecule has 1 aromatic heterocycles. The summed E-state index contributed by atoms with van der Waals surface area (Å²) in [5, 5.41) is 12.5. The fraction of sp³-hybridized carbons (Fsp3) is 0.250. The van der Waals surface area contributed by atoms with Gasteiger partial charge in [-0.3, -0.25) is 14.5 Å². The number of carbonyl (C=O) groups excluding carboxylic acids is 2. The molecule has 2 amide bonds. The zero-order chi connectivity index (χ0) is 24.2. The summed E-state index contributed by atoms with van der Waals surface area (Å²) < 4.78 is 0. The van der Waals surface area contributed by atoms with Crippen LogP contribution in [0.2, 0.25) is 0 Å². The van der Waals surface area contributed by atoms with Gasteiger partial charge in [-0.1, -0.05) is 35.6 Å². The first-order chi connectivity index (χ1) is 16.3. The number of hydrogen-bond acceptors (Lipinski definition) is 7. The van der Waals surface area contributed by atoms with Gasteiger partial charge in [0.15, 0.2) is 5.69 Å². The number of likely N-dealkylation sites (N-methyl/N-ethyl adjacent to an activating group) is 1. The molecule has 4 rings (SSSR count). The lowest BCUT2D eigenvalue weighted by Gasteiger charge is -2.32. The standard InChI is InChI=1S/C24H25N5O4S/c1-28-10-12-29(13-11-28)14-15-2-4-16(5-3-15)21(31)27-23-19(20(25)30)26-22(34-23)17-6-8-18(9-7-17)24(32)33/h2-9H,10-14H2,1H3,(H2,25,30)(H,27,31)(H,32,33). The molecule has 0 saturated carbocycles. The van der Waals surface area contributed by atoms with Crippen molar-refractivity contribution in [2.75, 3.05) is 38.5 Å². The molecule has 1 aliphatic heterocycles. The molecule has 0 unspecified atom stereocenters. The van der Waals surface area contributed by atoms with Gasteiger partial charge in [0.1, 0.15) is 10.0 Å². The third kappa shape index (κ3) is 5.48. The SMILES string of the molecule is CN1CCN(Cc2ccc(C(=O)Nc3sc(-c4ccc(C(=O)O)cc4)nc3C(N)=O)cc2)CC1. The lowest BCUT2D eigenvalue weighted by atomic mass is 10.1. The van der Waals surface area contributed by atoms with Gasteiger partial charge in [-0.25, -0.2) is 9.78 Å². The molecule has 34 heavy (non-hydrogen) atoms. The molecular formula is C24H25N5O4S. The largest absolute Gasteiger partial charge is 0.478 e. The van der Waals surface area contributed by atoms with Gasteiger partial charge in [0.05, 0.1) is 5.56 Å². The highest BCUT2D eigenvalue weighted by Crippen LogP contribution is 2.32. The number of thiazole rings is 1. The Kier molecular flexibility index (Phi) is 7.01. The van der Waals surface area contributed by atoms with Crippen LogP contribution in [0.15, 0.2) is 48.5 Å². The Morgan fingerprint density at radius 3 is 2.21 bits per heavy atom. The summed E-state index contributed by atoms with van der Waals surface area (Å²) >= 11 is 1.10. The van der Waals surface area contributed by atoms with Crippen LogP contribution in [0.4, 0.5) is 5.00 Å². The van der Waals surface area contributed by atoms with E-state index in [1.807, 2.05) is 12.1 Å². The minimum atomic E-state index is -1.04. The molecule has 176 valence electrons. The zero-order valence-electron chi connectivity index (χ0n) is 18.7. The number of aromatic carboxylic acids is 1. The average Bonchev–Trinajstić information content (AvgIpc) is 3.25. The predicted molar refractivity (Wildman–Crippen MR) is 130 cm³/mol. The first-order valence-electron chi connectivity index (χ1n) is 10.8. The Bertz CT molecular complexity index is 1200. The number of carbonyl (C=O) groups is 3. The molecule has 0 bridgehead atoms. The molecule has 0 atom stereocenters. The number of primary amides is 1. The minimum absolute atomic E-state index is 0.0395. The van der Waals surface area contributed by atoms with E-state index >= 15 is 0 Å². The second-order valence-corrected chi connectivity index (χ2v) is 9.17. The van der Waals surface area contributed by atoms with Gasteiger partial charge < -0.3 is 21.1 Å². The maximum absolute atomic E-state index is 12.8. The van der Waals surface area contributed by atoms with Crippen molar-refractivity contribution in [2.45, 2.75) is 6.54 Å². The smallest absolute Gasteiger partial charge is 0.335 e. The molecule has 1 saturated heterocycles. The number of carboxylic acid groups (broad SMARTS) is 1. The van der Waals surface area contributed by atoms with E-state index in [-0.39, 0.29) is 22.2 Å². The fourth-order valence-corrected chi connectivity index (χ4v) is 4.62. The highest BCUT2D eigenvalue weighted by molar-refractivity contribution is 7.19. The van der Waals surface area contributed by atoms with Gasteiger partial charge in [-0.15, -0.1) is 0 Å². The molecule has 0 radical (unpaired) electrons. The summed E-state index contributed by atoms with van der Waals surface area (Å²) in [6, 6.07) is 13.5. The lowest BCUT2D eigenvalue weighted by Crippen LogP contribution is -2.43. The molecule has 1 fully saturated rings. The van der Waals surface area contributed by atoms with Crippen LogP contribution in [0.5, 0.6) is 0 Å². The molecule has 0 aliphatic carbocycles. The van der Waals surface area contributed by atoms with Crippen molar-refractivity contribution in [3.63, 3.8) is 0 Å². The normalized spacial score (nSPS) is 14.6. The second-order valence-electron chi connectivity index (χ2n) is 8.17. The Morgan fingerprint density at radius 2 is 1.62 bits per heavy atom. The molecule has 1 aliphatic rings. The van der Waals surface area contributed by atoms with Crippen molar-refractivity contribution >= 4 is 34.1 Å². The number of nitrogens with one attached hydrogen (secondary N) is 1. The van der Waals surface area contributed by atoms with Crippen molar-refractivity contribution < 1.29 is 19.5 Å². The van der Waals surface area contributed by atoms with E-state index in [1.54, 1.807) is 24.3 Å². The van der Waals surface area contributed by atoms with E-state index < -0.39 is 11.9 Å². The summed E-state index contributed by atoms with van der Waals surface area (Å²) in [5.41, 5.74) is 7.77. The van der Waals surface area contributed by atoms with Crippen LogP contribution < -0.4 is 11.1 Å². The minimum Gasteiger partial charge on any atom is -0.478 e. The van der Waals surface area contributed by atoms with Crippen LogP contribution in [-0.4, -0.2) is 70.9 Å². The van der Waals surface area contributed by atoms with Crippen LogP contribution in [0.3, 0.4) is 0 Å². The average molecular weight is 480 g/mol. The summed E-state index contributed by atoms with van der Waals surface area (Å²) in [5.74, 6) is -2.17. The molecular weight excluding hydrogens is 454 g/mol. The summed E-state index contributed by atoms with van der Waals surface area (Å²) in [4.78, 5) is 44.7. The summed E-state index contributed by atoms with van der Waals surface area (Å²) in [7, 11) is 2.12. The number of rotatable bonds is 7. The van der Waals surface area contributed by atoms with Gasteiger partial charge in [-0.2, -0.15) is 0 Å².